The van der Waals surface area contributed by atoms with Crippen molar-refractivity contribution in [3.63, 3.8) is 0 Å². The van der Waals surface area contributed by atoms with Crippen LogP contribution in [-0.4, -0.2) is 16.0 Å². The van der Waals surface area contributed by atoms with Crippen molar-refractivity contribution in [1.29, 1.82) is 0 Å². The molecule has 10 heavy (non-hydrogen) atoms. The quantitative estimate of drug-likeness (QED) is 0.469. The van der Waals surface area contributed by atoms with E-state index in [2.05, 4.69) is 28.1 Å². The zero-order valence-corrected chi connectivity index (χ0v) is 7.29. The molecule has 2 aliphatic rings. The molecule has 0 spiro atoms. The van der Waals surface area contributed by atoms with Crippen LogP contribution >= 0.6 is 15.9 Å². The summed E-state index contributed by atoms with van der Waals surface area (Å²) in [5.74, 6) is 1.16. The Kier molecular flexibility index (Phi) is 1.61. The first-order valence-corrected chi connectivity index (χ1v) is 4.71. The number of allylic oxidation sites excluding steroid dienone is 2. The number of aliphatic hydroxyl groups excluding tert-OH is 1. The summed E-state index contributed by atoms with van der Waals surface area (Å²) in [6, 6.07) is 0. The Hall–Kier alpha value is 0.180. The van der Waals surface area contributed by atoms with Crippen LogP contribution in [0.25, 0.3) is 0 Å². The van der Waals surface area contributed by atoms with Gasteiger partial charge >= 0.3 is 0 Å². The minimum absolute atomic E-state index is 0.0880. The lowest BCUT2D eigenvalue weighted by Gasteiger charge is -2.47. The van der Waals surface area contributed by atoms with Gasteiger partial charge in [-0.3, -0.25) is 0 Å². The second kappa shape index (κ2) is 2.35. The van der Waals surface area contributed by atoms with E-state index >= 15 is 0 Å². The summed E-state index contributed by atoms with van der Waals surface area (Å²) in [6.07, 6.45) is 6.69. The molecule has 4 atom stereocenters. The summed E-state index contributed by atoms with van der Waals surface area (Å²) in [5.41, 5.74) is 0. The van der Waals surface area contributed by atoms with Gasteiger partial charge in [-0.05, 0) is 24.7 Å². The summed E-state index contributed by atoms with van der Waals surface area (Å²) in [5, 5.41) is 9.43. The molecule has 0 aromatic carbocycles. The zero-order valence-electron chi connectivity index (χ0n) is 5.70. The van der Waals surface area contributed by atoms with Crippen LogP contribution in [0.1, 0.15) is 12.8 Å². The van der Waals surface area contributed by atoms with Crippen LogP contribution in [-0.2, 0) is 0 Å². The van der Waals surface area contributed by atoms with Crippen LogP contribution in [0.3, 0.4) is 0 Å². The largest absolute Gasteiger partial charge is 0.392 e. The fourth-order valence-electron chi connectivity index (χ4n) is 1.94. The van der Waals surface area contributed by atoms with Crippen molar-refractivity contribution >= 4 is 15.9 Å². The average Bonchev–Trinajstić information content (AvgIpc) is 2.03. The maximum atomic E-state index is 9.43. The molecular formula is C8H11BrO. The first kappa shape index (κ1) is 6.86. The van der Waals surface area contributed by atoms with Crippen molar-refractivity contribution in [2.45, 2.75) is 23.8 Å². The second-order valence-corrected chi connectivity index (χ2v) is 4.24. The van der Waals surface area contributed by atoms with Gasteiger partial charge in [-0.1, -0.05) is 28.1 Å². The van der Waals surface area contributed by atoms with E-state index in [9.17, 15) is 5.11 Å². The van der Waals surface area contributed by atoms with Crippen molar-refractivity contribution in [3.05, 3.63) is 12.2 Å². The van der Waals surface area contributed by atoms with Gasteiger partial charge in [0.15, 0.2) is 0 Å². The van der Waals surface area contributed by atoms with Gasteiger partial charge < -0.3 is 5.11 Å². The molecule has 0 saturated heterocycles. The molecule has 0 aromatic rings. The number of fused-ring (bicyclic) bond motifs is 1. The highest BCUT2D eigenvalue weighted by Gasteiger charge is 2.46. The molecule has 1 nitrogen and oxygen atoms in total. The Morgan fingerprint density at radius 2 is 2.30 bits per heavy atom. The number of alkyl halides is 1. The SMILES string of the molecule is O[C@H]1C(Br)[C@H]2C=CCC[C@H]21. The predicted molar refractivity (Wildman–Crippen MR) is 44.1 cm³/mol. The predicted octanol–water partition coefficient (Wildman–Crippen LogP) is 1.71. The Balaban J connectivity index is 2.11. The van der Waals surface area contributed by atoms with E-state index in [-0.39, 0.29) is 6.10 Å². The Bertz CT molecular complexity index is 167. The van der Waals surface area contributed by atoms with E-state index in [1.165, 1.54) is 6.42 Å². The molecule has 0 aromatic heterocycles. The molecule has 0 radical (unpaired) electrons. The first-order valence-electron chi connectivity index (χ1n) is 3.79. The Morgan fingerprint density at radius 3 is 3.00 bits per heavy atom. The molecule has 1 fully saturated rings. The van der Waals surface area contributed by atoms with Gasteiger partial charge in [0, 0.05) is 4.83 Å². The van der Waals surface area contributed by atoms with Gasteiger partial charge in [0.1, 0.15) is 0 Å². The molecule has 56 valence electrons. The topological polar surface area (TPSA) is 20.2 Å². The highest BCUT2D eigenvalue weighted by atomic mass is 79.9. The minimum Gasteiger partial charge on any atom is -0.392 e. The van der Waals surface area contributed by atoms with Gasteiger partial charge in [0.2, 0.25) is 0 Å². The van der Waals surface area contributed by atoms with Crippen LogP contribution in [0.2, 0.25) is 0 Å². The number of rotatable bonds is 0. The molecule has 0 bridgehead atoms. The van der Waals surface area contributed by atoms with Crippen molar-refractivity contribution in [2.75, 3.05) is 0 Å². The van der Waals surface area contributed by atoms with E-state index in [4.69, 9.17) is 0 Å². The zero-order chi connectivity index (χ0) is 7.14. The van der Waals surface area contributed by atoms with Crippen LogP contribution < -0.4 is 0 Å². The third kappa shape index (κ3) is 0.785. The molecule has 0 amide bonds. The summed E-state index contributed by atoms with van der Waals surface area (Å²) >= 11 is 3.47. The molecule has 2 rings (SSSR count). The van der Waals surface area contributed by atoms with Crippen LogP contribution in [0.5, 0.6) is 0 Å². The van der Waals surface area contributed by atoms with Gasteiger partial charge in [-0.15, -0.1) is 0 Å². The highest BCUT2D eigenvalue weighted by Crippen LogP contribution is 2.45. The fraction of sp³-hybridized carbons (Fsp3) is 0.750. The Morgan fingerprint density at radius 1 is 1.50 bits per heavy atom. The molecule has 1 N–H and O–H groups in total. The lowest BCUT2D eigenvalue weighted by atomic mass is 9.66. The molecule has 2 heteroatoms. The smallest absolute Gasteiger partial charge is 0.0705 e. The molecular weight excluding hydrogens is 192 g/mol. The number of aliphatic hydroxyl groups is 1. The Labute approximate surface area is 69.3 Å². The summed E-state index contributed by atoms with van der Waals surface area (Å²) in [7, 11) is 0. The van der Waals surface area contributed by atoms with Crippen LogP contribution in [0.4, 0.5) is 0 Å². The van der Waals surface area contributed by atoms with Crippen molar-refractivity contribution in [1.82, 2.24) is 0 Å². The third-order valence-electron chi connectivity index (χ3n) is 2.65. The van der Waals surface area contributed by atoms with E-state index in [0.717, 1.165) is 6.42 Å². The van der Waals surface area contributed by atoms with E-state index in [1.807, 2.05) is 0 Å². The van der Waals surface area contributed by atoms with Gasteiger partial charge in [0.05, 0.1) is 6.10 Å². The second-order valence-electron chi connectivity index (χ2n) is 3.18. The third-order valence-corrected chi connectivity index (χ3v) is 3.80. The van der Waals surface area contributed by atoms with Gasteiger partial charge in [-0.25, -0.2) is 0 Å². The summed E-state index contributed by atoms with van der Waals surface area (Å²) in [6.45, 7) is 0. The molecule has 1 saturated carbocycles. The van der Waals surface area contributed by atoms with Gasteiger partial charge in [-0.2, -0.15) is 0 Å². The van der Waals surface area contributed by atoms with Crippen molar-refractivity contribution in [3.8, 4) is 0 Å². The molecule has 0 heterocycles. The number of hydrogen-bond acceptors (Lipinski definition) is 1. The van der Waals surface area contributed by atoms with Crippen molar-refractivity contribution in [2.24, 2.45) is 11.8 Å². The highest BCUT2D eigenvalue weighted by molar-refractivity contribution is 9.09. The van der Waals surface area contributed by atoms with E-state index in [0.29, 0.717) is 16.7 Å². The van der Waals surface area contributed by atoms with E-state index < -0.39 is 0 Å². The average molecular weight is 203 g/mol. The lowest BCUT2D eigenvalue weighted by Crippen LogP contribution is -2.52. The summed E-state index contributed by atoms with van der Waals surface area (Å²) in [4.78, 5) is 0.328. The molecule has 0 aliphatic heterocycles. The normalized spacial score (nSPS) is 51.8. The monoisotopic (exact) mass is 202 g/mol. The number of halogens is 1. The van der Waals surface area contributed by atoms with Crippen LogP contribution in [0, 0.1) is 11.8 Å². The number of hydrogen-bond donors (Lipinski definition) is 1. The molecule has 1 unspecified atom stereocenters. The maximum absolute atomic E-state index is 9.43. The van der Waals surface area contributed by atoms with Crippen molar-refractivity contribution < 1.29 is 5.11 Å². The standard InChI is InChI=1S/C8H11BrO/c9-7-5-3-1-2-4-6(5)8(7)10/h1,3,5-8,10H,2,4H2/t5-,6+,7?,8+/m0/s1. The summed E-state index contributed by atoms with van der Waals surface area (Å²) < 4.78 is 0. The molecule has 2 aliphatic carbocycles. The fourth-order valence-corrected chi connectivity index (χ4v) is 2.90. The minimum atomic E-state index is -0.0880. The van der Waals surface area contributed by atoms with E-state index in [1.54, 1.807) is 0 Å². The maximum Gasteiger partial charge on any atom is 0.0705 e. The first-order chi connectivity index (χ1) is 4.80. The van der Waals surface area contributed by atoms with Crippen LogP contribution in [0.15, 0.2) is 12.2 Å². The lowest BCUT2D eigenvalue weighted by molar-refractivity contribution is -0.00853. The van der Waals surface area contributed by atoms with Gasteiger partial charge in [0.25, 0.3) is 0 Å².